The number of halogens is 4. The molecular weight excluding hydrogens is 369 g/mol. The number of hydrogen-bond donors (Lipinski definition) is 2. The molecule has 4 rings (SSSR count). The normalized spacial score (nSPS) is 12.2. The zero-order valence-corrected chi connectivity index (χ0v) is 13.7. The van der Waals surface area contributed by atoms with Crippen molar-refractivity contribution in [2.24, 2.45) is 0 Å². The number of aromatic amines is 1. The molecule has 1 aromatic carbocycles. The van der Waals surface area contributed by atoms with Gasteiger partial charge in [-0.05, 0) is 35.9 Å². The third-order valence-corrected chi connectivity index (χ3v) is 4.42. The number of rotatable bonds is 1. The summed E-state index contributed by atoms with van der Waals surface area (Å²) in [5, 5.41) is 4.77. The molecule has 0 unspecified atom stereocenters. The fraction of sp³-hybridized carbons (Fsp3) is 0.0588. The van der Waals surface area contributed by atoms with Crippen molar-refractivity contribution in [1.29, 1.82) is 0 Å². The van der Waals surface area contributed by atoms with E-state index in [0.717, 1.165) is 10.6 Å². The Balaban J connectivity index is 2.01. The van der Waals surface area contributed by atoms with Gasteiger partial charge in [-0.15, -0.1) is 0 Å². The lowest BCUT2D eigenvalue weighted by molar-refractivity contribution is -0.141. The van der Waals surface area contributed by atoms with E-state index in [1.54, 1.807) is 24.3 Å². The van der Waals surface area contributed by atoms with Gasteiger partial charge in [0.05, 0.1) is 10.5 Å². The predicted molar refractivity (Wildman–Crippen MR) is 93.2 cm³/mol. The first-order valence-electron chi connectivity index (χ1n) is 7.42. The minimum Gasteiger partial charge on any atom is -0.384 e. The molecule has 132 valence electrons. The van der Waals surface area contributed by atoms with Crippen molar-refractivity contribution in [2.45, 2.75) is 6.18 Å². The number of nitrogen functional groups attached to an aromatic ring is 1. The molecule has 0 spiro atoms. The average Bonchev–Trinajstić information content (AvgIpc) is 3.05. The molecule has 3 aromatic heterocycles. The minimum atomic E-state index is -4.59. The van der Waals surface area contributed by atoms with E-state index in [1.807, 2.05) is 0 Å². The van der Waals surface area contributed by atoms with E-state index >= 15 is 0 Å². The molecule has 0 saturated carbocycles. The first-order chi connectivity index (χ1) is 12.3. The predicted octanol–water partition coefficient (Wildman–Crippen LogP) is 4.10. The van der Waals surface area contributed by atoms with Crippen molar-refractivity contribution < 1.29 is 13.2 Å². The highest BCUT2D eigenvalue weighted by atomic mass is 35.5. The number of hydrogen-bond acceptors (Lipinski definition) is 3. The van der Waals surface area contributed by atoms with Crippen LogP contribution in [0, 0.1) is 0 Å². The van der Waals surface area contributed by atoms with E-state index in [2.05, 4.69) is 10.1 Å². The van der Waals surface area contributed by atoms with Crippen LogP contribution < -0.4 is 11.3 Å². The number of nitrogens with two attached hydrogens (primary N) is 1. The van der Waals surface area contributed by atoms with Crippen LogP contribution >= 0.6 is 11.6 Å². The molecular formula is C17H10ClF3N4O. The molecule has 0 atom stereocenters. The molecule has 0 amide bonds. The van der Waals surface area contributed by atoms with Crippen molar-refractivity contribution >= 4 is 33.7 Å². The summed E-state index contributed by atoms with van der Waals surface area (Å²) in [5.41, 5.74) is 5.70. The number of benzene rings is 1. The van der Waals surface area contributed by atoms with Crippen LogP contribution in [0.15, 0.2) is 47.4 Å². The highest BCUT2D eigenvalue weighted by Gasteiger charge is 2.34. The third-order valence-electron chi connectivity index (χ3n) is 4.10. The van der Waals surface area contributed by atoms with Crippen LogP contribution in [0.25, 0.3) is 27.4 Å². The Bertz CT molecular complexity index is 1230. The van der Waals surface area contributed by atoms with Crippen LogP contribution in [0.4, 0.5) is 19.0 Å². The van der Waals surface area contributed by atoms with Crippen molar-refractivity contribution in [3.05, 3.63) is 63.7 Å². The monoisotopic (exact) mass is 378 g/mol. The molecule has 0 aliphatic rings. The quantitative estimate of drug-likeness (QED) is 0.523. The van der Waals surface area contributed by atoms with Gasteiger partial charge in [-0.3, -0.25) is 4.79 Å². The number of pyridine rings is 2. The molecule has 3 heterocycles. The minimum absolute atomic E-state index is 0.0783. The number of fused-ring (bicyclic) bond motifs is 2. The Morgan fingerprint density at radius 1 is 1.12 bits per heavy atom. The van der Waals surface area contributed by atoms with Gasteiger partial charge in [0.1, 0.15) is 5.82 Å². The average molecular weight is 379 g/mol. The second-order valence-electron chi connectivity index (χ2n) is 5.72. The Hall–Kier alpha value is -3.00. The second kappa shape index (κ2) is 5.50. The van der Waals surface area contributed by atoms with Gasteiger partial charge in [-0.2, -0.15) is 18.3 Å². The van der Waals surface area contributed by atoms with Gasteiger partial charge in [-0.25, -0.2) is 4.52 Å². The number of aromatic nitrogens is 3. The van der Waals surface area contributed by atoms with Gasteiger partial charge < -0.3 is 10.7 Å². The van der Waals surface area contributed by atoms with Crippen LogP contribution in [0.1, 0.15) is 5.69 Å². The molecule has 0 fully saturated rings. The topological polar surface area (TPSA) is 76.2 Å². The van der Waals surface area contributed by atoms with E-state index in [4.69, 9.17) is 17.3 Å². The maximum atomic E-state index is 13.0. The summed E-state index contributed by atoms with van der Waals surface area (Å²) >= 11 is 6.14. The van der Waals surface area contributed by atoms with E-state index in [0.29, 0.717) is 26.9 Å². The summed E-state index contributed by atoms with van der Waals surface area (Å²) in [6.45, 7) is 0. The van der Waals surface area contributed by atoms with Gasteiger partial charge in [-0.1, -0.05) is 17.7 Å². The number of nitrogens with zero attached hydrogens (tertiary/aromatic N) is 2. The zero-order valence-electron chi connectivity index (χ0n) is 12.9. The molecule has 5 nitrogen and oxygen atoms in total. The van der Waals surface area contributed by atoms with Crippen molar-refractivity contribution in [3.63, 3.8) is 0 Å². The van der Waals surface area contributed by atoms with Crippen LogP contribution in [0.5, 0.6) is 0 Å². The number of alkyl halides is 3. The summed E-state index contributed by atoms with van der Waals surface area (Å²) in [6, 6.07) is 8.88. The fourth-order valence-electron chi connectivity index (χ4n) is 2.87. The summed E-state index contributed by atoms with van der Waals surface area (Å²) in [4.78, 5) is 14.4. The van der Waals surface area contributed by atoms with E-state index < -0.39 is 11.9 Å². The third kappa shape index (κ3) is 2.50. The number of nitrogens with one attached hydrogen (secondary N) is 1. The molecule has 0 aliphatic heterocycles. The molecule has 3 N–H and O–H groups in total. The highest BCUT2D eigenvalue weighted by Crippen LogP contribution is 2.34. The molecule has 0 aliphatic carbocycles. The van der Waals surface area contributed by atoms with E-state index in [-0.39, 0.29) is 16.9 Å². The highest BCUT2D eigenvalue weighted by molar-refractivity contribution is 6.35. The van der Waals surface area contributed by atoms with Crippen molar-refractivity contribution in [1.82, 2.24) is 14.6 Å². The summed E-state index contributed by atoms with van der Waals surface area (Å²) in [7, 11) is 0. The number of H-pyrrole nitrogens is 1. The molecule has 26 heavy (non-hydrogen) atoms. The Labute approximate surface area is 148 Å². The molecule has 0 saturated heterocycles. The van der Waals surface area contributed by atoms with E-state index in [1.165, 1.54) is 12.3 Å². The first-order valence-corrected chi connectivity index (χ1v) is 7.80. The van der Waals surface area contributed by atoms with E-state index in [9.17, 15) is 18.0 Å². The van der Waals surface area contributed by atoms with Crippen LogP contribution in [0.2, 0.25) is 5.02 Å². The Morgan fingerprint density at radius 2 is 1.88 bits per heavy atom. The van der Waals surface area contributed by atoms with Gasteiger partial charge in [0.15, 0.2) is 5.69 Å². The maximum Gasteiger partial charge on any atom is 0.435 e. The van der Waals surface area contributed by atoms with Crippen molar-refractivity contribution in [3.8, 4) is 11.1 Å². The van der Waals surface area contributed by atoms with Crippen LogP contribution in [0.3, 0.4) is 0 Å². The van der Waals surface area contributed by atoms with Gasteiger partial charge in [0, 0.05) is 22.5 Å². The standard InChI is InChI=1S/C17H10ClF3N4O/c18-12-7-23-16(26)10-2-1-8(5-11(10)12)9-3-4-15(22)25-13(9)6-14(24-25)17(19,20)21/h1-7H,22H2,(H,23,26). The summed E-state index contributed by atoms with van der Waals surface area (Å²) in [6.07, 6.45) is -3.22. The van der Waals surface area contributed by atoms with Crippen molar-refractivity contribution in [2.75, 3.05) is 5.73 Å². The lowest BCUT2D eigenvalue weighted by atomic mass is 10.0. The molecule has 4 aromatic rings. The Morgan fingerprint density at radius 3 is 2.62 bits per heavy atom. The molecule has 0 bridgehead atoms. The van der Waals surface area contributed by atoms with Gasteiger partial charge >= 0.3 is 6.18 Å². The van der Waals surface area contributed by atoms with Crippen LogP contribution in [-0.2, 0) is 6.18 Å². The van der Waals surface area contributed by atoms with Crippen LogP contribution in [-0.4, -0.2) is 14.6 Å². The summed E-state index contributed by atoms with van der Waals surface area (Å²) < 4.78 is 40.1. The zero-order chi connectivity index (χ0) is 18.6. The molecule has 9 heteroatoms. The van der Waals surface area contributed by atoms with Gasteiger partial charge in [0.2, 0.25) is 0 Å². The number of anilines is 1. The SMILES string of the molecule is Nc1ccc(-c2ccc3c(=O)[nH]cc(Cl)c3c2)c2cc(C(F)(F)F)nn12. The second-order valence-corrected chi connectivity index (χ2v) is 6.13. The lowest BCUT2D eigenvalue weighted by Crippen LogP contribution is -2.06. The first kappa shape index (κ1) is 16.5. The maximum absolute atomic E-state index is 13.0. The lowest BCUT2D eigenvalue weighted by Gasteiger charge is -2.08. The summed E-state index contributed by atoms with van der Waals surface area (Å²) in [5.74, 6) is 0.0783. The fourth-order valence-corrected chi connectivity index (χ4v) is 3.08. The Kier molecular flexibility index (Phi) is 3.48. The van der Waals surface area contributed by atoms with Gasteiger partial charge in [0.25, 0.3) is 5.56 Å². The largest absolute Gasteiger partial charge is 0.435 e. The smallest absolute Gasteiger partial charge is 0.384 e. The molecule has 0 radical (unpaired) electrons.